The van der Waals surface area contributed by atoms with Crippen molar-refractivity contribution in [2.45, 2.75) is 82.4 Å². The topological polar surface area (TPSA) is 126 Å². The van der Waals surface area contributed by atoms with Gasteiger partial charge in [-0.2, -0.15) is 0 Å². The second-order valence-corrected chi connectivity index (χ2v) is 9.60. The number of carbonyl (C=O) groups excluding carboxylic acids is 1. The summed E-state index contributed by atoms with van der Waals surface area (Å²) in [7, 11) is 0. The van der Waals surface area contributed by atoms with Crippen molar-refractivity contribution in [3.63, 3.8) is 0 Å². The third-order valence-electron chi connectivity index (χ3n) is 7.63. The van der Waals surface area contributed by atoms with E-state index in [1.54, 1.807) is 0 Å². The van der Waals surface area contributed by atoms with E-state index in [0.717, 1.165) is 18.4 Å². The molecule has 0 amide bonds. The van der Waals surface area contributed by atoms with Gasteiger partial charge in [-0.3, -0.25) is 4.79 Å². The SMILES string of the molecule is C=C1C[C@H](O[C@@H]2O[C@H](CO)[C@@H](O)[C@H](O)[C@H]2O)C[C@]2(C)C[C@H]3OC(=O)[C@@H](C)[C@H]3C[C@@H]12. The van der Waals surface area contributed by atoms with E-state index in [1.165, 1.54) is 0 Å². The van der Waals surface area contributed by atoms with E-state index in [2.05, 4.69) is 13.5 Å². The standard InChI is InChI=1S/C21H32O8/c1-9-4-11(27-20-18(25)17(24)16(23)15(8-22)29-20)6-21(3)7-14-12(5-13(9)21)10(2)19(26)28-14/h10-18,20,22-25H,1,4-8H2,2-3H3/t10-,11-,12+,13-,14+,15+,16+,17-,18+,20+,21+/m0/s1. The molecule has 8 nitrogen and oxygen atoms in total. The summed E-state index contributed by atoms with van der Waals surface area (Å²) >= 11 is 0. The highest BCUT2D eigenvalue weighted by Crippen LogP contribution is 2.57. The van der Waals surface area contributed by atoms with Crippen molar-refractivity contribution in [3.8, 4) is 0 Å². The van der Waals surface area contributed by atoms with Crippen molar-refractivity contribution in [1.82, 2.24) is 0 Å². The molecule has 2 saturated carbocycles. The molecule has 4 N–H and O–H groups in total. The summed E-state index contributed by atoms with van der Waals surface area (Å²) in [6.45, 7) is 7.89. The number of carbonyl (C=O) groups is 1. The Kier molecular flexibility index (Phi) is 5.55. The van der Waals surface area contributed by atoms with Gasteiger partial charge in [-0.15, -0.1) is 0 Å². The minimum absolute atomic E-state index is 0.0829. The average molecular weight is 412 g/mol. The van der Waals surface area contributed by atoms with Gasteiger partial charge in [-0.05, 0) is 37.0 Å². The third kappa shape index (κ3) is 3.54. The number of rotatable bonds is 3. The van der Waals surface area contributed by atoms with Gasteiger partial charge >= 0.3 is 5.97 Å². The molecule has 0 spiro atoms. The van der Waals surface area contributed by atoms with Gasteiger partial charge in [0.2, 0.25) is 0 Å². The van der Waals surface area contributed by atoms with Crippen LogP contribution in [0.3, 0.4) is 0 Å². The first-order valence-electron chi connectivity index (χ1n) is 10.5. The number of aliphatic hydroxyl groups excluding tert-OH is 4. The molecule has 2 aliphatic carbocycles. The molecule has 0 aromatic heterocycles. The van der Waals surface area contributed by atoms with Gasteiger partial charge < -0.3 is 34.6 Å². The van der Waals surface area contributed by atoms with Gasteiger partial charge in [0.05, 0.1) is 18.6 Å². The van der Waals surface area contributed by atoms with Crippen molar-refractivity contribution >= 4 is 5.97 Å². The molecule has 2 saturated heterocycles. The normalized spacial score (nSPS) is 52.6. The maximum absolute atomic E-state index is 12.0. The van der Waals surface area contributed by atoms with Crippen molar-refractivity contribution in [2.75, 3.05) is 6.61 Å². The number of hydrogen-bond acceptors (Lipinski definition) is 8. The van der Waals surface area contributed by atoms with E-state index in [9.17, 15) is 25.2 Å². The van der Waals surface area contributed by atoms with Gasteiger partial charge in [0.1, 0.15) is 30.5 Å². The lowest BCUT2D eigenvalue weighted by Gasteiger charge is -2.52. The number of hydrogen-bond donors (Lipinski definition) is 4. The zero-order valence-electron chi connectivity index (χ0n) is 16.9. The summed E-state index contributed by atoms with van der Waals surface area (Å²) in [5.74, 6) is 0.290. The van der Waals surface area contributed by atoms with Crippen molar-refractivity contribution < 1.29 is 39.4 Å². The van der Waals surface area contributed by atoms with E-state index in [0.29, 0.717) is 12.8 Å². The zero-order chi connectivity index (χ0) is 21.1. The molecule has 164 valence electrons. The fourth-order valence-corrected chi connectivity index (χ4v) is 5.93. The number of ether oxygens (including phenoxy) is 3. The fraction of sp³-hybridized carbons (Fsp3) is 0.857. The first-order chi connectivity index (χ1) is 13.6. The van der Waals surface area contributed by atoms with Crippen molar-refractivity contribution in [2.24, 2.45) is 23.2 Å². The minimum atomic E-state index is -1.46. The second-order valence-electron chi connectivity index (χ2n) is 9.60. The van der Waals surface area contributed by atoms with Crippen LogP contribution in [0.2, 0.25) is 0 Å². The van der Waals surface area contributed by atoms with E-state index >= 15 is 0 Å². The molecule has 4 aliphatic rings. The second kappa shape index (κ2) is 7.59. The average Bonchev–Trinajstić information content (AvgIpc) is 2.93. The lowest BCUT2D eigenvalue weighted by atomic mass is 9.55. The molecule has 0 aromatic carbocycles. The summed E-state index contributed by atoms with van der Waals surface area (Å²) in [5, 5.41) is 39.6. The summed E-state index contributed by atoms with van der Waals surface area (Å²) in [5.41, 5.74) is 0.901. The maximum Gasteiger partial charge on any atom is 0.309 e. The molecule has 2 aliphatic heterocycles. The third-order valence-corrected chi connectivity index (χ3v) is 7.63. The molecule has 11 atom stereocenters. The van der Waals surface area contributed by atoms with Crippen LogP contribution in [0.25, 0.3) is 0 Å². The van der Waals surface area contributed by atoms with Crippen LogP contribution in [0.4, 0.5) is 0 Å². The summed E-state index contributed by atoms with van der Waals surface area (Å²) in [4.78, 5) is 12.0. The molecule has 0 unspecified atom stereocenters. The molecule has 0 aromatic rings. The Morgan fingerprint density at radius 2 is 1.93 bits per heavy atom. The highest BCUT2D eigenvalue weighted by molar-refractivity contribution is 5.75. The molecule has 0 radical (unpaired) electrons. The van der Waals surface area contributed by atoms with Crippen LogP contribution in [-0.2, 0) is 19.0 Å². The Hall–Kier alpha value is -1.03. The first-order valence-corrected chi connectivity index (χ1v) is 10.5. The van der Waals surface area contributed by atoms with Gasteiger partial charge in [0.15, 0.2) is 6.29 Å². The quantitative estimate of drug-likeness (QED) is 0.293. The Morgan fingerprint density at radius 1 is 1.21 bits per heavy atom. The number of esters is 1. The largest absolute Gasteiger partial charge is 0.462 e. The van der Waals surface area contributed by atoms with Gasteiger partial charge in [0, 0.05) is 5.92 Å². The molecule has 4 fully saturated rings. The smallest absolute Gasteiger partial charge is 0.309 e. The summed E-state index contributed by atoms with van der Waals surface area (Å²) in [6, 6.07) is 0. The van der Waals surface area contributed by atoms with Crippen LogP contribution in [0.15, 0.2) is 12.2 Å². The van der Waals surface area contributed by atoms with E-state index in [1.807, 2.05) is 6.92 Å². The Balaban J connectivity index is 1.47. The molecule has 2 heterocycles. The predicted octanol–water partition coefficient (Wildman–Crippen LogP) is 0.115. The molecular formula is C21H32O8. The number of aliphatic hydroxyl groups is 4. The van der Waals surface area contributed by atoms with Crippen LogP contribution < -0.4 is 0 Å². The molecule has 29 heavy (non-hydrogen) atoms. The Morgan fingerprint density at radius 3 is 2.62 bits per heavy atom. The van der Waals surface area contributed by atoms with E-state index < -0.39 is 37.3 Å². The van der Waals surface area contributed by atoms with Crippen LogP contribution in [0.5, 0.6) is 0 Å². The van der Waals surface area contributed by atoms with Gasteiger partial charge in [-0.1, -0.05) is 26.0 Å². The van der Waals surface area contributed by atoms with Crippen molar-refractivity contribution in [3.05, 3.63) is 12.2 Å². The van der Waals surface area contributed by atoms with Gasteiger partial charge in [-0.25, -0.2) is 0 Å². The monoisotopic (exact) mass is 412 g/mol. The zero-order valence-corrected chi connectivity index (χ0v) is 16.9. The van der Waals surface area contributed by atoms with Crippen LogP contribution in [-0.4, -0.2) is 75.9 Å². The molecule has 4 rings (SSSR count). The molecule has 0 bridgehead atoms. The van der Waals surface area contributed by atoms with E-state index in [-0.39, 0.29) is 41.3 Å². The molecular weight excluding hydrogens is 380 g/mol. The summed E-state index contributed by atoms with van der Waals surface area (Å²) < 4.78 is 17.1. The highest BCUT2D eigenvalue weighted by Gasteiger charge is 2.56. The van der Waals surface area contributed by atoms with Crippen molar-refractivity contribution in [1.29, 1.82) is 0 Å². The van der Waals surface area contributed by atoms with E-state index in [4.69, 9.17) is 14.2 Å². The lowest BCUT2D eigenvalue weighted by molar-refractivity contribution is -0.314. The Bertz CT molecular complexity index is 665. The lowest BCUT2D eigenvalue weighted by Crippen LogP contribution is -2.60. The Labute approximate surface area is 170 Å². The number of fused-ring (bicyclic) bond motifs is 2. The molecule has 8 heteroatoms. The van der Waals surface area contributed by atoms with Crippen LogP contribution >= 0.6 is 0 Å². The highest BCUT2D eigenvalue weighted by atomic mass is 16.7. The maximum atomic E-state index is 12.0. The first kappa shape index (κ1) is 21.2. The summed E-state index contributed by atoms with van der Waals surface area (Å²) in [6.07, 6.45) is -3.92. The minimum Gasteiger partial charge on any atom is -0.462 e. The van der Waals surface area contributed by atoms with Crippen LogP contribution in [0, 0.1) is 23.2 Å². The van der Waals surface area contributed by atoms with Gasteiger partial charge in [0.25, 0.3) is 0 Å². The van der Waals surface area contributed by atoms with Crippen LogP contribution in [0.1, 0.15) is 39.5 Å². The predicted molar refractivity (Wildman–Crippen MR) is 100 cm³/mol. The fourth-order valence-electron chi connectivity index (χ4n) is 5.93.